The number of carbonyl (C=O) groups is 1. The van der Waals surface area contributed by atoms with E-state index in [-0.39, 0.29) is 18.3 Å². The van der Waals surface area contributed by atoms with E-state index in [1.54, 1.807) is 7.11 Å². The summed E-state index contributed by atoms with van der Waals surface area (Å²) in [6, 6.07) is 6.12. The van der Waals surface area contributed by atoms with Crippen molar-refractivity contribution in [3.05, 3.63) is 29.3 Å². The average Bonchev–Trinajstić information content (AvgIpc) is 2.63. The second kappa shape index (κ2) is 13.0. The van der Waals surface area contributed by atoms with Gasteiger partial charge in [-0.15, -0.1) is 12.4 Å². The van der Waals surface area contributed by atoms with Crippen LogP contribution in [0.15, 0.2) is 18.2 Å². The Balaban J connectivity index is 0.00000338. The van der Waals surface area contributed by atoms with E-state index in [9.17, 15) is 4.79 Å². The number of aryl methyl sites for hydroxylation is 1. The van der Waals surface area contributed by atoms with Crippen molar-refractivity contribution in [2.24, 2.45) is 5.92 Å². The van der Waals surface area contributed by atoms with Gasteiger partial charge in [0.2, 0.25) is 5.91 Å². The van der Waals surface area contributed by atoms with Crippen molar-refractivity contribution < 1.29 is 14.3 Å². The number of nitrogens with one attached hydrogen (secondary N) is 2. The highest BCUT2D eigenvalue weighted by molar-refractivity contribution is 5.85. The van der Waals surface area contributed by atoms with Gasteiger partial charge in [-0.3, -0.25) is 4.79 Å². The number of benzene rings is 1. The van der Waals surface area contributed by atoms with Crippen LogP contribution < -0.4 is 15.4 Å². The first-order valence-electron chi connectivity index (χ1n) is 9.37. The van der Waals surface area contributed by atoms with Gasteiger partial charge in [0.25, 0.3) is 0 Å². The largest absolute Gasteiger partial charge is 0.493 e. The van der Waals surface area contributed by atoms with Crippen molar-refractivity contribution in [1.82, 2.24) is 10.6 Å². The summed E-state index contributed by atoms with van der Waals surface area (Å²) in [5.41, 5.74) is 2.18. The smallest absolute Gasteiger partial charge is 0.220 e. The van der Waals surface area contributed by atoms with E-state index in [1.165, 1.54) is 12.8 Å². The zero-order valence-electron chi connectivity index (χ0n) is 16.0. The predicted molar refractivity (Wildman–Crippen MR) is 107 cm³/mol. The molecule has 1 saturated heterocycles. The number of halogens is 1. The van der Waals surface area contributed by atoms with Gasteiger partial charge < -0.3 is 20.1 Å². The molecule has 1 aromatic carbocycles. The molecule has 1 aromatic rings. The molecule has 0 unspecified atom stereocenters. The van der Waals surface area contributed by atoms with E-state index in [0.717, 1.165) is 42.8 Å². The van der Waals surface area contributed by atoms with Crippen LogP contribution in [0.2, 0.25) is 0 Å². The molecule has 0 aromatic heterocycles. The summed E-state index contributed by atoms with van der Waals surface area (Å²) in [6.45, 7) is 6.04. The Morgan fingerprint density at radius 2 is 2.04 bits per heavy atom. The Bertz CT molecular complexity index is 534. The Morgan fingerprint density at radius 1 is 1.27 bits per heavy atom. The molecule has 6 heteroatoms. The third-order valence-electron chi connectivity index (χ3n) is 4.69. The highest BCUT2D eigenvalue weighted by atomic mass is 35.5. The molecule has 2 N–H and O–H groups in total. The van der Waals surface area contributed by atoms with Crippen LogP contribution in [0.25, 0.3) is 0 Å². The first kappa shape index (κ1) is 22.7. The molecular weight excluding hydrogens is 352 g/mol. The molecular formula is C20H33ClN2O3. The molecule has 1 fully saturated rings. The minimum atomic E-state index is 0. The molecule has 1 heterocycles. The molecule has 0 saturated carbocycles. The fourth-order valence-electron chi connectivity index (χ4n) is 3.12. The van der Waals surface area contributed by atoms with E-state index >= 15 is 0 Å². The fourth-order valence-corrected chi connectivity index (χ4v) is 3.12. The normalized spacial score (nSPS) is 14.5. The molecule has 0 spiro atoms. The summed E-state index contributed by atoms with van der Waals surface area (Å²) in [4.78, 5) is 12.2. The maximum atomic E-state index is 12.2. The lowest BCUT2D eigenvalue weighted by molar-refractivity contribution is -0.121. The lowest BCUT2D eigenvalue weighted by Crippen LogP contribution is -2.29. The molecule has 0 atom stereocenters. The first-order chi connectivity index (χ1) is 12.2. The zero-order chi connectivity index (χ0) is 17.9. The zero-order valence-corrected chi connectivity index (χ0v) is 16.8. The van der Waals surface area contributed by atoms with E-state index in [0.29, 0.717) is 32.1 Å². The summed E-state index contributed by atoms with van der Waals surface area (Å²) >= 11 is 0. The van der Waals surface area contributed by atoms with Crippen molar-refractivity contribution in [2.45, 2.75) is 45.6 Å². The van der Waals surface area contributed by atoms with Crippen molar-refractivity contribution >= 4 is 18.3 Å². The van der Waals surface area contributed by atoms with E-state index < -0.39 is 0 Å². The van der Waals surface area contributed by atoms with Crippen LogP contribution in [0.3, 0.4) is 0 Å². The number of piperidine rings is 1. The SMILES string of the molecule is COCCCOc1cc(C)ccc1CNC(=O)CCC1CCNCC1.Cl. The summed E-state index contributed by atoms with van der Waals surface area (Å²) in [7, 11) is 1.69. The minimum Gasteiger partial charge on any atom is -0.493 e. The molecule has 1 aliphatic rings. The van der Waals surface area contributed by atoms with Gasteiger partial charge in [-0.1, -0.05) is 12.1 Å². The number of methoxy groups -OCH3 is 1. The first-order valence-corrected chi connectivity index (χ1v) is 9.37. The Hall–Kier alpha value is -1.30. The van der Waals surface area contributed by atoms with E-state index in [1.807, 2.05) is 19.1 Å². The Kier molecular flexibility index (Phi) is 11.3. The van der Waals surface area contributed by atoms with Crippen LogP contribution in [0.5, 0.6) is 5.75 Å². The Morgan fingerprint density at radius 3 is 2.77 bits per heavy atom. The molecule has 5 nitrogen and oxygen atoms in total. The van der Waals surface area contributed by atoms with E-state index in [4.69, 9.17) is 9.47 Å². The van der Waals surface area contributed by atoms with Crippen LogP contribution in [-0.4, -0.2) is 39.3 Å². The standard InChI is InChI=1S/C20H32N2O3.ClH/c1-16-4-6-18(19(14-16)25-13-3-12-24-2)15-22-20(23)7-5-17-8-10-21-11-9-17;/h4,6,14,17,21H,3,5,7-13,15H2,1-2H3,(H,22,23);1H. The summed E-state index contributed by atoms with van der Waals surface area (Å²) in [5, 5.41) is 6.40. The second-order valence-electron chi connectivity index (χ2n) is 6.81. The van der Waals surface area contributed by atoms with E-state index in [2.05, 4.69) is 16.7 Å². The molecule has 0 bridgehead atoms. The monoisotopic (exact) mass is 384 g/mol. The average molecular weight is 385 g/mol. The minimum absolute atomic E-state index is 0. The fraction of sp³-hybridized carbons (Fsp3) is 0.650. The third kappa shape index (κ3) is 8.39. The van der Waals surface area contributed by atoms with Gasteiger partial charge in [0, 0.05) is 38.7 Å². The molecule has 0 radical (unpaired) electrons. The van der Waals surface area contributed by atoms with Crippen LogP contribution in [-0.2, 0) is 16.1 Å². The second-order valence-corrected chi connectivity index (χ2v) is 6.81. The van der Waals surface area contributed by atoms with Gasteiger partial charge in [-0.25, -0.2) is 0 Å². The van der Waals surface area contributed by atoms with Gasteiger partial charge in [0.1, 0.15) is 5.75 Å². The molecule has 26 heavy (non-hydrogen) atoms. The van der Waals surface area contributed by atoms with Gasteiger partial charge >= 0.3 is 0 Å². The topological polar surface area (TPSA) is 59.6 Å². The Labute approximate surface area is 163 Å². The van der Waals surface area contributed by atoms with Crippen molar-refractivity contribution in [3.8, 4) is 5.75 Å². The molecule has 1 amide bonds. The van der Waals surface area contributed by atoms with Gasteiger partial charge in [-0.05, 0) is 56.8 Å². The summed E-state index contributed by atoms with van der Waals surface area (Å²) in [5.74, 6) is 1.67. The van der Waals surface area contributed by atoms with Crippen LogP contribution >= 0.6 is 12.4 Å². The molecule has 2 rings (SSSR count). The maximum Gasteiger partial charge on any atom is 0.220 e. The van der Waals surface area contributed by atoms with Gasteiger partial charge in [0.15, 0.2) is 0 Å². The number of hydrogen-bond donors (Lipinski definition) is 2. The summed E-state index contributed by atoms with van der Waals surface area (Å²) in [6.07, 6.45) is 4.82. The number of carbonyl (C=O) groups excluding carboxylic acids is 1. The number of amides is 1. The summed E-state index contributed by atoms with van der Waals surface area (Å²) < 4.78 is 10.9. The van der Waals surface area contributed by atoms with Crippen molar-refractivity contribution in [2.75, 3.05) is 33.4 Å². The molecule has 148 valence electrons. The molecule has 1 aliphatic heterocycles. The quantitative estimate of drug-likeness (QED) is 0.608. The van der Waals surface area contributed by atoms with Gasteiger partial charge in [-0.2, -0.15) is 0 Å². The predicted octanol–water partition coefficient (Wildman–Crippen LogP) is 3.23. The number of ether oxygens (including phenoxy) is 2. The van der Waals surface area contributed by atoms with Crippen molar-refractivity contribution in [3.63, 3.8) is 0 Å². The lowest BCUT2D eigenvalue weighted by atomic mass is 9.93. The highest BCUT2D eigenvalue weighted by Crippen LogP contribution is 2.21. The van der Waals surface area contributed by atoms with Crippen LogP contribution in [0.4, 0.5) is 0 Å². The number of rotatable bonds is 10. The highest BCUT2D eigenvalue weighted by Gasteiger charge is 2.14. The van der Waals surface area contributed by atoms with Gasteiger partial charge in [0.05, 0.1) is 6.61 Å². The number of hydrogen-bond acceptors (Lipinski definition) is 4. The van der Waals surface area contributed by atoms with Crippen LogP contribution in [0, 0.1) is 12.8 Å². The third-order valence-corrected chi connectivity index (χ3v) is 4.69. The lowest BCUT2D eigenvalue weighted by Gasteiger charge is -2.22. The maximum absolute atomic E-state index is 12.2. The van der Waals surface area contributed by atoms with Crippen LogP contribution in [0.1, 0.15) is 43.2 Å². The van der Waals surface area contributed by atoms with Crippen molar-refractivity contribution in [1.29, 1.82) is 0 Å². The molecule has 0 aliphatic carbocycles.